The first-order chi connectivity index (χ1) is 8.02. The first-order valence-electron chi connectivity index (χ1n) is 5.07. The molecular formula is C11H14F2N2O2. The molecule has 1 unspecified atom stereocenters. The van der Waals surface area contributed by atoms with E-state index < -0.39 is 31.0 Å². The quantitative estimate of drug-likeness (QED) is 0.703. The lowest BCUT2D eigenvalue weighted by Crippen LogP contribution is -2.40. The molecule has 1 aromatic rings. The highest BCUT2D eigenvalue weighted by Gasteiger charge is 2.20. The van der Waals surface area contributed by atoms with E-state index in [1.165, 1.54) is 0 Å². The van der Waals surface area contributed by atoms with Gasteiger partial charge in [-0.25, -0.2) is 8.78 Å². The van der Waals surface area contributed by atoms with Crippen LogP contribution in [0.3, 0.4) is 0 Å². The Balaban J connectivity index is 2.48. The van der Waals surface area contributed by atoms with Crippen molar-refractivity contribution in [3.63, 3.8) is 0 Å². The summed E-state index contributed by atoms with van der Waals surface area (Å²) in [6, 6.07) is 7.60. The Morgan fingerprint density at radius 1 is 1.35 bits per heavy atom. The number of nitrogens with one attached hydrogen (secondary N) is 1. The summed E-state index contributed by atoms with van der Waals surface area (Å²) in [5.41, 5.74) is 6.20. The van der Waals surface area contributed by atoms with Crippen molar-refractivity contribution in [2.24, 2.45) is 5.73 Å². The van der Waals surface area contributed by atoms with Gasteiger partial charge in [-0.2, -0.15) is 0 Å². The summed E-state index contributed by atoms with van der Waals surface area (Å²) < 4.78 is 23.9. The lowest BCUT2D eigenvalue weighted by Gasteiger charge is -2.14. The third-order valence-corrected chi connectivity index (χ3v) is 2.22. The van der Waals surface area contributed by atoms with E-state index in [4.69, 9.17) is 10.8 Å². The molecule has 0 heterocycles. The fraction of sp³-hybridized carbons (Fsp3) is 0.364. The second kappa shape index (κ2) is 6.27. The number of rotatable bonds is 5. The van der Waals surface area contributed by atoms with Crippen LogP contribution in [-0.4, -0.2) is 30.1 Å². The summed E-state index contributed by atoms with van der Waals surface area (Å²) >= 11 is 0. The number of hydrogen-bond donors (Lipinski definition) is 3. The van der Waals surface area contributed by atoms with Crippen LogP contribution in [0.25, 0.3) is 0 Å². The molecule has 0 saturated heterocycles. The van der Waals surface area contributed by atoms with Crippen LogP contribution in [0.5, 0.6) is 0 Å². The molecule has 2 atom stereocenters. The number of benzene rings is 1. The smallest absolute Gasteiger partial charge is 0.265 e. The molecule has 0 fully saturated rings. The first-order valence-corrected chi connectivity index (χ1v) is 5.07. The number of carbonyl (C=O) groups is 1. The Morgan fingerprint density at radius 3 is 2.47 bits per heavy atom. The minimum Gasteiger partial charge on any atom is -0.385 e. The molecule has 0 bridgehead atoms. The normalized spacial score (nSPS) is 14.4. The van der Waals surface area contributed by atoms with E-state index in [0.29, 0.717) is 5.56 Å². The number of aliphatic hydroxyl groups excluding tert-OH is 1. The summed E-state index contributed by atoms with van der Waals surface area (Å²) in [5.74, 6) is -0.601. The van der Waals surface area contributed by atoms with Gasteiger partial charge in [-0.05, 0) is 5.56 Å². The van der Waals surface area contributed by atoms with Gasteiger partial charge in [-0.15, -0.1) is 0 Å². The van der Waals surface area contributed by atoms with Crippen molar-refractivity contribution in [2.45, 2.75) is 18.6 Å². The average molecular weight is 244 g/mol. The predicted octanol–water partition coefficient (Wildman–Crippen LogP) is 0.429. The van der Waals surface area contributed by atoms with Crippen molar-refractivity contribution >= 4 is 5.91 Å². The van der Waals surface area contributed by atoms with Crippen LogP contribution >= 0.6 is 0 Å². The van der Waals surface area contributed by atoms with Gasteiger partial charge in [0, 0.05) is 6.54 Å². The number of nitrogens with two attached hydrogens (primary N) is 1. The van der Waals surface area contributed by atoms with Gasteiger partial charge in [0.25, 0.3) is 6.43 Å². The summed E-state index contributed by atoms with van der Waals surface area (Å²) in [5, 5.41) is 11.0. The van der Waals surface area contributed by atoms with Crippen molar-refractivity contribution in [2.75, 3.05) is 6.54 Å². The van der Waals surface area contributed by atoms with E-state index in [-0.39, 0.29) is 0 Å². The summed E-state index contributed by atoms with van der Waals surface area (Å²) in [6.45, 7) is -0.517. The minimum absolute atomic E-state index is 0.517. The van der Waals surface area contributed by atoms with E-state index in [9.17, 15) is 13.6 Å². The standard InChI is InChI=1S/C11H14F2N2O2/c12-10(13)8(16)6-15-11(17)9(14)7-4-2-1-3-5-7/h1-5,8-10,16H,6,14H2,(H,15,17)/t8?,9-/m0/s1. The number of carbonyl (C=O) groups excluding carboxylic acids is 1. The lowest BCUT2D eigenvalue weighted by molar-refractivity contribution is -0.123. The van der Waals surface area contributed by atoms with Crippen molar-refractivity contribution in [1.82, 2.24) is 5.32 Å². The van der Waals surface area contributed by atoms with Crippen molar-refractivity contribution < 1.29 is 18.7 Å². The molecule has 6 heteroatoms. The second-order valence-electron chi connectivity index (χ2n) is 3.54. The number of halogens is 2. The fourth-order valence-corrected chi connectivity index (χ4v) is 1.22. The average Bonchev–Trinajstić information content (AvgIpc) is 2.35. The Labute approximate surface area is 97.4 Å². The molecule has 0 saturated carbocycles. The SMILES string of the molecule is N[C@H](C(=O)NCC(O)C(F)F)c1ccccc1. The molecule has 0 aliphatic rings. The fourth-order valence-electron chi connectivity index (χ4n) is 1.22. The molecule has 0 radical (unpaired) electrons. The van der Waals surface area contributed by atoms with E-state index >= 15 is 0 Å². The first kappa shape index (κ1) is 13.5. The van der Waals surface area contributed by atoms with Gasteiger partial charge in [-0.3, -0.25) is 4.79 Å². The van der Waals surface area contributed by atoms with Crippen molar-refractivity contribution in [3.8, 4) is 0 Å². The maximum absolute atomic E-state index is 12.0. The van der Waals surface area contributed by atoms with Crippen LogP contribution < -0.4 is 11.1 Å². The minimum atomic E-state index is -2.89. The highest BCUT2D eigenvalue weighted by atomic mass is 19.3. The van der Waals surface area contributed by atoms with Crippen LogP contribution in [0, 0.1) is 0 Å². The Kier molecular flexibility index (Phi) is 4.99. The predicted molar refractivity (Wildman–Crippen MR) is 58.4 cm³/mol. The molecule has 0 aromatic heterocycles. The molecule has 1 aromatic carbocycles. The van der Waals surface area contributed by atoms with E-state index in [2.05, 4.69) is 5.32 Å². The number of aliphatic hydroxyl groups is 1. The highest BCUT2D eigenvalue weighted by molar-refractivity contribution is 5.82. The number of hydrogen-bond acceptors (Lipinski definition) is 3. The number of alkyl halides is 2. The molecule has 17 heavy (non-hydrogen) atoms. The zero-order valence-corrected chi connectivity index (χ0v) is 9.01. The molecule has 1 rings (SSSR count). The van der Waals surface area contributed by atoms with Crippen LogP contribution in [-0.2, 0) is 4.79 Å². The van der Waals surface area contributed by atoms with Crippen LogP contribution in [0.15, 0.2) is 30.3 Å². The van der Waals surface area contributed by atoms with Crippen LogP contribution in [0.2, 0.25) is 0 Å². The van der Waals surface area contributed by atoms with Crippen LogP contribution in [0.1, 0.15) is 11.6 Å². The number of amides is 1. The summed E-state index contributed by atoms with van der Waals surface area (Å²) in [7, 11) is 0. The molecule has 4 N–H and O–H groups in total. The van der Waals surface area contributed by atoms with Crippen molar-refractivity contribution in [3.05, 3.63) is 35.9 Å². The van der Waals surface area contributed by atoms with Gasteiger partial charge in [0.15, 0.2) is 0 Å². The summed E-state index contributed by atoms with van der Waals surface area (Å²) in [6.07, 6.45) is -4.76. The highest BCUT2D eigenvalue weighted by Crippen LogP contribution is 2.09. The zero-order valence-electron chi connectivity index (χ0n) is 9.01. The molecule has 1 amide bonds. The molecule has 0 spiro atoms. The van der Waals surface area contributed by atoms with Gasteiger partial charge in [0.1, 0.15) is 12.1 Å². The van der Waals surface area contributed by atoms with Crippen LogP contribution in [0.4, 0.5) is 8.78 Å². The third kappa shape index (κ3) is 4.08. The van der Waals surface area contributed by atoms with Gasteiger partial charge in [0.05, 0.1) is 0 Å². The molecular weight excluding hydrogens is 230 g/mol. The topological polar surface area (TPSA) is 75.4 Å². The third-order valence-electron chi connectivity index (χ3n) is 2.22. The molecule has 94 valence electrons. The van der Waals surface area contributed by atoms with Gasteiger partial charge < -0.3 is 16.2 Å². The molecule has 0 aliphatic heterocycles. The van der Waals surface area contributed by atoms with Gasteiger partial charge in [-0.1, -0.05) is 30.3 Å². The Morgan fingerprint density at radius 2 is 1.94 bits per heavy atom. The van der Waals surface area contributed by atoms with E-state index in [1.807, 2.05) is 0 Å². The monoisotopic (exact) mass is 244 g/mol. The van der Waals surface area contributed by atoms with Crippen molar-refractivity contribution in [1.29, 1.82) is 0 Å². The maximum atomic E-state index is 12.0. The van der Waals surface area contributed by atoms with E-state index in [0.717, 1.165) is 0 Å². The van der Waals surface area contributed by atoms with Gasteiger partial charge >= 0.3 is 0 Å². The summed E-state index contributed by atoms with van der Waals surface area (Å²) in [4.78, 5) is 11.5. The Hall–Kier alpha value is -1.53. The van der Waals surface area contributed by atoms with Gasteiger partial charge in [0.2, 0.25) is 5.91 Å². The molecule has 0 aliphatic carbocycles. The maximum Gasteiger partial charge on any atom is 0.265 e. The lowest BCUT2D eigenvalue weighted by atomic mass is 10.1. The van der Waals surface area contributed by atoms with E-state index in [1.54, 1.807) is 30.3 Å². The zero-order chi connectivity index (χ0) is 12.8. The Bertz CT molecular complexity index is 360. The molecule has 4 nitrogen and oxygen atoms in total. The second-order valence-corrected chi connectivity index (χ2v) is 3.54. The largest absolute Gasteiger partial charge is 0.385 e.